The largest absolute Gasteiger partial charge is 0.409 e. The molecule has 0 saturated carbocycles. The summed E-state index contributed by atoms with van der Waals surface area (Å²) in [6.45, 7) is 0. The van der Waals surface area contributed by atoms with Crippen molar-refractivity contribution in [2.24, 2.45) is 0 Å². The lowest BCUT2D eigenvalue weighted by molar-refractivity contribution is 0.628. The van der Waals surface area contributed by atoms with Crippen molar-refractivity contribution in [1.29, 1.82) is 0 Å². The molecule has 1 rings (SSSR count). The number of pyridine rings is 1. The van der Waals surface area contributed by atoms with E-state index in [9.17, 15) is 0 Å². The molecule has 4 heteroatoms. The van der Waals surface area contributed by atoms with Crippen LogP contribution in [0.15, 0.2) is 18.3 Å². The van der Waals surface area contributed by atoms with E-state index < -0.39 is 0 Å². The highest BCUT2D eigenvalue weighted by Crippen LogP contribution is 2.11. The first-order valence-corrected chi connectivity index (χ1v) is 3.00. The maximum Gasteiger partial charge on any atom is 0.227 e. The molecule has 0 aliphatic carbocycles. The third-order valence-electron chi connectivity index (χ3n) is 0.794. The topological polar surface area (TPSA) is 22.1 Å². The van der Waals surface area contributed by atoms with Crippen LogP contribution in [0, 0.1) is 0 Å². The first kappa shape index (κ1) is 6.71. The van der Waals surface area contributed by atoms with Crippen molar-refractivity contribution in [2.75, 3.05) is 0 Å². The average molecular weight is 162 g/mol. The second kappa shape index (κ2) is 2.94. The van der Waals surface area contributed by atoms with E-state index in [4.69, 9.17) is 11.6 Å². The molecular formula is C5H4ClNOS. The smallest absolute Gasteiger partial charge is 0.227 e. The Morgan fingerprint density at radius 2 is 2.33 bits per heavy atom. The van der Waals surface area contributed by atoms with Gasteiger partial charge in [0.25, 0.3) is 0 Å². The standard InChI is InChI=1S/C5H4ClNOS/c6-4-1-2-5(8-9)7-3-4/h1-3,9H. The number of thiol groups is 1. The van der Waals surface area contributed by atoms with Gasteiger partial charge in [-0.25, -0.2) is 4.98 Å². The number of hydrogen-bond donors (Lipinski definition) is 1. The highest BCUT2D eigenvalue weighted by Gasteiger charge is 1.89. The number of hydrogen-bond acceptors (Lipinski definition) is 3. The van der Waals surface area contributed by atoms with Gasteiger partial charge in [0.1, 0.15) is 0 Å². The van der Waals surface area contributed by atoms with Gasteiger partial charge in [-0.05, 0) is 6.07 Å². The van der Waals surface area contributed by atoms with Gasteiger partial charge in [0.05, 0.1) is 5.02 Å². The van der Waals surface area contributed by atoms with Crippen molar-refractivity contribution in [3.63, 3.8) is 0 Å². The number of aromatic nitrogens is 1. The van der Waals surface area contributed by atoms with Crippen molar-refractivity contribution < 1.29 is 4.18 Å². The molecule has 0 fully saturated rings. The van der Waals surface area contributed by atoms with Crippen LogP contribution in [0.4, 0.5) is 0 Å². The van der Waals surface area contributed by atoms with Gasteiger partial charge in [-0.1, -0.05) is 11.6 Å². The van der Waals surface area contributed by atoms with Crippen LogP contribution in [0.1, 0.15) is 0 Å². The van der Waals surface area contributed by atoms with E-state index in [2.05, 4.69) is 22.1 Å². The van der Waals surface area contributed by atoms with Crippen LogP contribution in [-0.2, 0) is 0 Å². The second-order valence-electron chi connectivity index (χ2n) is 1.41. The van der Waals surface area contributed by atoms with Crippen LogP contribution in [0.3, 0.4) is 0 Å². The summed E-state index contributed by atoms with van der Waals surface area (Å²) in [7, 11) is 0. The van der Waals surface area contributed by atoms with Crippen molar-refractivity contribution in [3.05, 3.63) is 23.4 Å². The van der Waals surface area contributed by atoms with Gasteiger partial charge in [0.2, 0.25) is 5.88 Å². The van der Waals surface area contributed by atoms with Gasteiger partial charge >= 0.3 is 0 Å². The van der Waals surface area contributed by atoms with Crippen LogP contribution in [0.2, 0.25) is 5.02 Å². The zero-order valence-corrected chi connectivity index (χ0v) is 6.06. The summed E-state index contributed by atoms with van der Waals surface area (Å²) in [5.41, 5.74) is 0. The molecule has 0 saturated heterocycles. The van der Waals surface area contributed by atoms with Crippen molar-refractivity contribution in [1.82, 2.24) is 4.98 Å². The molecule has 2 nitrogen and oxygen atoms in total. The fourth-order valence-corrected chi connectivity index (χ4v) is 0.636. The van der Waals surface area contributed by atoms with E-state index >= 15 is 0 Å². The first-order valence-electron chi connectivity index (χ1n) is 2.26. The summed E-state index contributed by atoms with van der Waals surface area (Å²) in [5, 5.41) is 0.587. The van der Waals surface area contributed by atoms with E-state index in [0.29, 0.717) is 10.9 Å². The molecule has 0 radical (unpaired) electrons. The Morgan fingerprint density at radius 3 is 2.78 bits per heavy atom. The van der Waals surface area contributed by atoms with Gasteiger partial charge in [-0.2, -0.15) is 0 Å². The van der Waals surface area contributed by atoms with Crippen molar-refractivity contribution in [3.8, 4) is 5.88 Å². The summed E-state index contributed by atoms with van der Waals surface area (Å²) >= 11 is 9.06. The zero-order chi connectivity index (χ0) is 6.69. The lowest BCUT2D eigenvalue weighted by Crippen LogP contribution is -1.78. The molecule has 0 unspecified atom stereocenters. The van der Waals surface area contributed by atoms with Gasteiger partial charge in [0.15, 0.2) is 0 Å². The third kappa shape index (κ3) is 1.77. The van der Waals surface area contributed by atoms with Crippen LogP contribution in [0.5, 0.6) is 5.88 Å². The van der Waals surface area contributed by atoms with Crippen LogP contribution in [-0.4, -0.2) is 4.98 Å². The highest BCUT2D eigenvalue weighted by atomic mass is 35.5. The minimum Gasteiger partial charge on any atom is -0.409 e. The molecule has 0 amide bonds. The molecule has 0 spiro atoms. The van der Waals surface area contributed by atoms with Gasteiger partial charge < -0.3 is 4.18 Å². The number of nitrogens with zero attached hydrogens (tertiary/aromatic N) is 1. The van der Waals surface area contributed by atoms with E-state index in [-0.39, 0.29) is 0 Å². The number of rotatable bonds is 1. The predicted molar refractivity (Wildman–Crippen MR) is 38.9 cm³/mol. The van der Waals surface area contributed by atoms with Crippen LogP contribution >= 0.6 is 24.5 Å². The molecule has 0 aromatic carbocycles. The molecule has 0 aliphatic heterocycles. The van der Waals surface area contributed by atoms with E-state index in [1.54, 1.807) is 12.1 Å². The number of halogens is 1. The summed E-state index contributed by atoms with van der Waals surface area (Å²) in [6, 6.07) is 3.31. The van der Waals surface area contributed by atoms with E-state index in [0.717, 1.165) is 0 Å². The summed E-state index contributed by atoms with van der Waals surface area (Å²) in [5.74, 6) is 0.447. The Kier molecular flexibility index (Phi) is 2.19. The maximum absolute atomic E-state index is 5.53. The van der Waals surface area contributed by atoms with Crippen molar-refractivity contribution >= 4 is 24.5 Å². The summed E-state index contributed by atoms with van der Waals surface area (Å²) < 4.78 is 4.49. The van der Waals surface area contributed by atoms with Gasteiger partial charge in [-0.3, -0.25) is 0 Å². The third-order valence-corrected chi connectivity index (χ3v) is 1.20. The second-order valence-corrected chi connectivity index (χ2v) is 2.02. The molecule has 0 bridgehead atoms. The average Bonchev–Trinajstić information content (AvgIpc) is 1.90. The van der Waals surface area contributed by atoms with E-state index in [1.807, 2.05) is 0 Å². The Hall–Kier alpha value is -0.410. The predicted octanol–water partition coefficient (Wildman–Crippen LogP) is 1.96. The molecule has 1 aromatic heterocycles. The van der Waals surface area contributed by atoms with Crippen LogP contribution < -0.4 is 4.18 Å². The molecule has 1 heterocycles. The Morgan fingerprint density at radius 1 is 1.56 bits per heavy atom. The zero-order valence-electron chi connectivity index (χ0n) is 4.41. The van der Waals surface area contributed by atoms with Gasteiger partial charge in [0, 0.05) is 25.2 Å². The molecule has 48 valence electrons. The summed E-state index contributed by atoms with van der Waals surface area (Å²) in [6.07, 6.45) is 1.49. The Balaban J connectivity index is 2.88. The lowest BCUT2D eigenvalue weighted by atomic mass is 10.5. The molecule has 0 aliphatic rings. The minimum absolute atomic E-state index is 0.447. The Labute approximate surface area is 63.4 Å². The molecular weight excluding hydrogens is 158 g/mol. The fourth-order valence-electron chi connectivity index (χ4n) is 0.416. The lowest BCUT2D eigenvalue weighted by Gasteiger charge is -1.92. The van der Waals surface area contributed by atoms with Crippen molar-refractivity contribution in [2.45, 2.75) is 0 Å². The molecule has 0 atom stereocenters. The SMILES string of the molecule is SOc1ccc(Cl)cn1. The van der Waals surface area contributed by atoms with Crippen LogP contribution in [0.25, 0.3) is 0 Å². The quantitative estimate of drug-likeness (QED) is 0.503. The summed E-state index contributed by atoms with van der Waals surface area (Å²) in [4.78, 5) is 3.77. The van der Waals surface area contributed by atoms with E-state index in [1.165, 1.54) is 6.20 Å². The normalized spacial score (nSPS) is 9.11. The Bertz CT molecular complexity index is 189. The molecule has 9 heavy (non-hydrogen) atoms. The fraction of sp³-hybridized carbons (Fsp3) is 0. The highest BCUT2D eigenvalue weighted by molar-refractivity contribution is 7.75. The maximum atomic E-state index is 5.53. The molecule has 0 N–H and O–H groups in total. The monoisotopic (exact) mass is 161 g/mol. The first-order chi connectivity index (χ1) is 4.33. The molecule has 1 aromatic rings. The minimum atomic E-state index is 0.447. The van der Waals surface area contributed by atoms with Gasteiger partial charge in [-0.15, -0.1) is 0 Å².